The normalized spacial score (nSPS) is 19.4. The fourth-order valence-corrected chi connectivity index (χ4v) is 1.62. The topological polar surface area (TPSA) is 50.1 Å². The van der Waals surface area contributed by atoms with Gasteiger partial charge >= 0.3 is 5.97 Å². The minimum absolute atomic E-state index is 0.352. The highest BCUT2D eigenvalue weighted by Gasteiger charge is 2.36. The van der Waals surface area contributed by atoms with E-state index < -0.39 is 11.6 Å². The fourth-order valence-electron chi connectivity index (χ4n) is 1.62. The molecule has 0 unspecified atom stereocenters. The van der Waals surface area contributed by atoms with Crippen LogP contribution < -0.4 is 0 Å². The van der Waals surface area contributed by atoms with E-state index in [1.807, 2.05) is 0 Å². The maximum absolute atomic E-state index is 11.3. The molecule has 1 saturated carbocycles. The van der Waals surface area contributed by atoms with Crippen molar-refractivity contribution in [3.63, 3.8) is 0 Å². The van der Waals surface area contributed by atoms with E-state index >= 15 is 0 Å². The predicted octanol–water partition coefficient (Wildman–Crippen LogP) is 2.33. The largest absolute Gasteiger partial charge is 0.440 e. The molecule has 0 amide bonds. The lowest BCUT2D eigenvalue weighted by Gasteiger charge is -2.30. The standard InChI is InChI=1S/C11H15NO2/c1-9(2)10(13)14-11(8-12)6-4-3-5-7-11/h1,3-7H2,2H3. The third kappa shape index (κ3) is 2.35. The Balaban J connectivity index is 2.66. The van der Waals surface area contributed by atoms with Crippen LogP contribution in [0.15, 0.2) is 12.2 Å². The Morgan fingerprint density at radius 3 is 2.43 bits per heavy atom. The molecule has 3 heteroatoms. The highest BCUT2D eigenvalue weighted by Crippen LogP contribution is 2.31. The van der Waals surface area contributed by atoms with Gasteiger partial charge in [-0.3, -0.25) is 0 Å². The summed E-state index contributed by atoms with van der Waals surface area (Å²) in [5, 5.41) is 9.02. The van der Waals surface area contributed by atoms with Gasteiger partial charge in [0.15, 0.2) is 5.60 Å². The molecule has 0 saturated heterocycles. The van der Waals surface area contributed by atoms with Crippen molar-refractivity contribution in [2.24, 2.45) is 0 Å². The van der Waals surface area contributed by atoms with E-state index in [0.717, 1.165) is 19.3 Å². The smallest absolute Gasteiger partial charge is 0.334 e. The van der Waals surface area contributed by atoms with Crippen LogP contribution in [0.4, 0.5) is 0 Å². The van der Waals surface area contributed by atoms with Crippen LogP contribution in [0, 0.1) is 11.3 Å². The molecular weight excluding hydrogens is 178 g/mol. The molecule has 0 N–H and O–H groups in total. The molecule has 14 heavy (non-hydrogen) atoms. The molecule has 0 aliphatic heterocycles. The molecule has 0 atom stereocenters. The monoisotopic (exact) mass is 193 g/mol. The zero-order valence-corrected chi connectivity index (χ0v) is 8.51. The third-order valence-electron chi connectivity index (χ3n) is 2.50. The van der Waals surface area contributed by atoms with Crippen LogP contribution in [0.3, 0.4) is 0 Å². The molecule has 0 bridgehead atoms. The molecule has 1 aliphatic rings. The summed E-state index contributed by atoms with van der Waals surface area (Å²) in [6, 6.07) is 2.12. The molecule has 0 radical (unpaired) electrons. The van der Waals surface area contributed by atoms with Gasteiger partial charge in [-0.1, -0.05) is 13.0 Å². The van der Waals surface area contributed by atoms with Crippen molar-refractivity contribution < 1.29 is 9.53 Å². The number of carbonyl (C=O) groups excluding carboxylic acids is 1. The quantitative estimate of drug-likeness (QED) is 0.499. The maximum Gasteiger partial charge on any atom is 0.334 e. The Hall–Kier alpha value is -1.30. The van der Waals surface area contributed by atoms with Crippen LogP contribution in [-0.4, -0.2) is 11.6 Å². The van der Waals surface area contributed by atoms with E-state index in [9.17, 15) is 4.79 Å². The van der Waals surface area contributed by atoms with Crippen molar-refractivity contribution in [3.8, 4) is 6.07 Å². The molecule has 1 rings (SSSR count). The average Bonchev–Trinajstić information content (AvgIpc) is 2.19. The first kappa shape index (κ1) is 10.8. The molecule has 0 aromatic carbocycles. The van der Waals surface area contributed by atoms with Crippen LogP contribution in [0.25, 0.3) is 0 Å². The molecule has 76 valence electrons. The summed E-state index contributed by atoms with van der Waals surface area (Å²) < 4.78 is 5.19. The maximum atomic E-state index is 11.3. The number of rotatable bonds is 2. The van der Waals surface area contributed by atoms with Crippen LogP contribution in [0.2, 0.25) is 0 Å². The summed E-state index contributed by atoms with van der Waals surface area (Å²) in [4.78, 5) is 11.3. The number of ether oxygens (including phenoxy) is 1. The van der Waals surface area contributed by atoms with Crippen LogP contribution in [-0.2, 0) is 9.53 Å². The molecule has 3 nitrogen and oxygen atoms in total. The molecule has 0 spiro atoms. The van der Waals surface area contributed by atoms with Crippen LogP contribution >= 0.6 is 0 Å². The molecule has 0 aromatic rings. The van der Waals surface area contributed by atoms with Crippen LogP contribution in [0.5, 0.6) is 0 Å². The first-order valence-electron chi connectivity index (χ1n) is 4.90. The van der Waals surface area contributed by atoms with E-state index in [2.05, 4.69) is 12.6 Å². The zero-order valence-electron chi connectivity index (χ0n) is 8.51. The van der Waals surface area contributed by atoms with E-state index in [4.69, 9.17) is 10.00 Å². The lowest BCUT2D eigenvalue weighted by molar-refractivity contribution is -0.151. The fraction of sp³-hybridized carbons (Fsp3) is 0.636. The van der Waals surface area contributed by atoms with E-state index in [-0.39, 0.29) is 0 Å². The zero-order chi connectivity index (χ0) is 10.6. The molecule has 1 fully saturated rings. The van der Waals surface area contributed by atoms with Crippen molar-refractivity contribution in [3.05, 3.63) is 12.2 Å². The molecule has 1 aliphatic carbocycles. The predicted molar refractivity (Wildman–Crippen MR) is 52.3 cm³/mol. The summed E-state index contributed by atoms with van der Waals surface area (Å²) in [5.74, 6) is -0.451. The first-order valence-corrected chi connectivity index (χ1v) is 4.90. The van der Waals surface area contributed by atoms with Crippen molar-refractivity contribution in [1.82, 2.24) is 0 Å². The second-order valence-corrected chi connectivity index (χ2v) is 3.84. The summed E-state index contributed by atoms with van der Waals surface area (Å²) in [6.07, 6.45) is 4.34. The van der Waals surface area contributed by atoms with Crippen molar-refractivity contribution in [2.45, 2.75) is 44.6 Å². The van der Waals surface area contributed by atoms with E-state index in [1.165, 1.54) is 0 Å². The SMILES string of the molecule is C=C(C)C(=O)OC1(C#N)CCCCC1. The Kier molecular flexibility index (Phi) is 3.29. The van der Waals surface area contributed by atoms with Crippen molar-refractivity contribution in [2.75, 3.05) is 0 Å². The van der Waals surface area contributed by atoms with Gasteiger partial charge in [0.1, 0.15) is 6.07 Å². The van der Waals surface area contributed by atoms with Gasteiger partial charge in [-0.2, -0.15) is 5.26 Å². The van der Waals surface area contributed by atoms with Gasteiger partial charge in [-0.25, -0.2) is 4.79 Å². The number of nitriles is 1. The summed E-state index contributed by atoms with van der Waals surface area (Å²) in [5.41, 5.74) is -0.529. The van der Waals surface area contributed by atoms with Gasteiger partial charge in [-0.15, -0.1) is 0 Å². The second-order valence-electron chi connectivity index (χ2n) is 3.84. The first-order chi connectivity index (χ1) is 6.59. The minimum Gasteiger partial charge on any atom is -0.440 e. The number of carbonyl (C=O) groups is 1. The Bertz CT molecular complexity index is 282. The van der Waals surface area contributed by atoms with Gasteiger partial charge in [0, 0.05) is 18.4 Å². The minimum atomic E-state index is -0.881. The highest BCUT2D eigenvalue weighted by molar-refractivity contribution is 5.87. The van der Waals surface area contributed by atoms with Crippen LogP contribution in [0.1, 0.15) is 39.0 Å². The Morgan fingerprint density at radius 2 is 2.00 bits per heavy atom. The summed E-state index contributed by atoms with van der Waals surface area (Å²) in [6.45, 7) is 5.10. The highest BCUT2D eigenvalue weighted by atomic mass is 16.6. The van der Waals surface area contributed by atoms with Crippen molar-refractivity contribution in [1.29, 1.82) is 5.26 Å². The molecule has 0 heterocycles. The lowest BCUT2D eigenvalue weighted by Crippen LogP contribution is -2.35. The van der Waals surface area contributed by atoms with E-state index in [0.29, 0.717) is 18.4 Å². The van der Waals surface area contributed by atoms with Gasteiger partial charge < -0.3 is 4.74 Å². The van der Waals surface area contributed by atoms with Gasteiger partial charge in [0.2, 0.25) is 0 Å². The number of hydrogen-bond acceptors (Lipinski definition) is 3. The Morgan fingerprint density at radius 1 is 1.43 bits per heavy atom. The summed E-state index contributed by atoms with van der Waals surface area (Å²) >= 11 is 0. The number of nitrogens with zero attached hydrogens (tertiary/aromatic N) is 1. The van der Waals surface area contributed by atoms with Crippen molar-refractivity contribution >= 4 is 5.97 Å². The summed E-state index contributed by atoms with van der Waals surface area (Å²) in [7, 11) is 0. The average molecular weight is 193 g/mol. The van der Waals surface area contributed by atoms with E-state index in [1.54, 1.807) is 6.92 Å². The van der Waals surface area contributed by atoms with Gasteiger partial charge in [0.05, 0.1) is 0 Å². The number of esters is 1. The van der Waals surface area contributed by atoms with Gasteiger partial charge in [-0.05, 0) is 19.8 Å². The molecular formula is C11H15NO2. The lowest BCUT2D eigenvalue weighted by atomic mass is 9.86. The Labute approximate surface area is 84.4 Å². The molecule has 0 aromatic heterocycles. The number of hydrogen-bond donors (Lipinski definition) is 0. The second kappa shape index (κ2) is 4.28. The van der Waals surface area contributed by atoms with Gasteiger partial charge in [0.25, 0.3) is 0 Å². The third-order valence-corrected chi connectivity index (χ3v) is 2.50.